The minimum atomic E-state index is -0.537. The molecule has 3 aliphatic carbocycles. The van der Waals surface area contributed by atoms with E-state index in [2.05, 4.69) is 5.43 Å². The van der Waals surface area contributed by atoms with Crippen LogP contribution < -0.4 is 5.43 Å². The van der Waals surface area contributed by atoms with Crippen molar-refractivity contribution >= 4 is 29.3 Å². The highest BCUT2D eigenvalue weighted by atomic mass is 35.5. The molecular weight excluding hydrogens is 412 g/mol. The SMILES string of the molecule is O=C(NN1C(=O)[C@@H]2C3c4ccccc4C(c4ccccc43)[C@@H]2C1=O)c1cccc(Cl)c1. The molecule has 31 heavy (non-hydrogen) atoms. The Labute approximate surface area is 183 Å². The van der Waals surface area contributed by atoms with E-state index in [9.17, 15) is 14.4 Å². The van der Waals surface area contributed by atoms with Crippen molar-refractivity contribution in [3.8, 4) is 0 Å². The zero-order chi connectivity index (χ0) is 21.3. The summed E-state index contributed by atoms with van der Waals surface area (Å²) in [6.45, 7) is 0. The maximum Gasteiger partial charge on any atom is 0.270 e. The highest BCUT2D eigenvalue weighted by Crippen LogP contribution is 2.60. The highest BCUT2D eigenvalue weighted by Gasteiger charge is 2.62. The predicted molar refractivity (Wildman–Crippen MR) is 114 cm³/mol. The molecule has 1 fully saturated rings. The first-order valence-electron chi connectivity index (χ1n) is 10.2. The third-order valence-electron chi connectivity index (χ3n) is 6.75. The van der Waals surface area contributed by atoms with E-state index in [4.69, 9.17) is 11.6 Å². The van der Waals surface area contributed by atoms with Crippen LogP contribution in [0.25, 0.3) is 0 Å². The molecule has 5 nitrogen and oxygen atoms in total. The molecule has 6 heteroatoms. The minimum Gasteiger partial charge on any atom is -0.272 e. The lowest BCUT2D eigenvalue weighted by Gasteiger charge is -2.45. The van der Waals surface area contributed by atoms with E-state index in [1.807, 2.05) is 48.5 Å². The average molecular weight is 429 g/mol. The number of nitrogens with zero attached hydrogens (tertiary/aromatic N) is 1. The van der Waals surface area contributed by atoms with Crippen LogP contribution in [0.15, 0.2) is 72.8 Å². The third kappa shape index (κ3) is 2.47. The number of carbonyl (C=O) groups excluding carboxylic acids is 3. The summed E-state index contributed by atoms with van der Waals surface area (Å²) in [4.78, 5) is 39.7. The Hall–Kier alpha value is -3.44. The molecule has 0 unspecified atom stereocenters. The van der Waals surface area contributed by atoms with Gasteiger partial charge in [-0.15, -0.1) is 0 Å². The first kappa shape index (κ1) is 18.3. The summed E-state index contributed by atoms with van der Waals surface area (Å²) in [7, 11) is 0. The van der Waals surface area contributed by atoms with Crippen LogP contribution in [0, 0.1) is 11.8 Å². The van der Waals surface area contributed by atoms with Gasteiger partial charge in [0.25, 0.3) is 17.7 Å². The zero-order valence-corrected chi connectivity index (χ0v) is 17.0. The second-order valence-electron chi connectivity index (χ2n) is 8.23. The number of nitrogens with one attached hydrogen (secondary N) is 1. The van der Waals surface area contributed by atoms with Gasteiger partial charge in [-0.2, -0.15) is 5.01 Å². The Morgan fingerprint density at radius 1 is 0.742 bits per heavy atom. The molecule has 2 bridgehead atoms. The second-order valence-corrected chi connectivity index (χ2v) is 8.66. The first-order chi connectivity index (χ1) is 15.1. The molecule has 1 aliphatic heterocycles. The zero-order valence-electron chi connectivity index (χ0n) is 16.3. The number of rotatable bonds is 2. The van der Waals surface area contributed by atoms with Gasteiger partial charge in [0, 0.05) is 22.4 Å². The van der Waals surface area contributed by atoms with Gasteiger partial charge in [-0.1, -0.05) is 66.2 Å². The number of benzene rings is 3. The van der Waals surface area contributed by atoms with E-state index in [-0.39, 0.29) is 29.2 Å². The van der Waals surface area contributed by atoms with E-state index in [1.54, 1.807) is 18.2 Å². The maximum absolute atomic E-state index is 13.5. The Morgan fingerprint density at radius 2 is 1.23 bits per heavy atom. The number of hydrogen-bond acceptors (Lipinski definition) is 3. The topological polar surface area (TPSA) is 66.5 Å². The number of amides is 3. The van der Waals surface area contributed by atoms with E-state index < -0.39 is 17.7 Å². The number of hydrazine groups is 1. The van der Waals surface area contributed by atoms with Gasteiger partial charge in [-0.25, -0.2) is 0 Å². The van der Waals surface area contributed by atoms with Crippen LogP contribution in [0.3, 0.4) is 0 Å². The van der Waals surface area contributed by atoms with Crippen LogP contribution in [0.4, 0.5) is 0 Å². The molecule has 3 aromatic rings. The number of halogens is 1. The molecular formula is C25H17ClN2O3. The average Bonchev–Trinajstić information content (AvgIpc) is 3.04. The van der Waals surface area contributed by atoms with Crippen LogP contribution in [-0.2, 0) is 9.59 Å². The van der Waals surface area contributed by atoms with Crippen LogP contribution in [0.2, 0.25) is 5.02 Å². The van der Waals surface area contributed by atoms with E-state index >= 15 is 0 Å². The summed E-state index contributed by atoms with van der Waals surface area (Å²) >= 11 is 5.98. The molecule has 3 aromatic carbocycles. The van der Waals surface area contributed by atoms with Gasteiger partial charge >= 0.3 is 0 Å². The molecule has 0 saturated carbocycles. The Morgan fingerprint density at radius 3 is 1.68 bits per heavy atom. The molecule has 1 N–H and O–H groups in total. The first-order valence-corrected chi connectivity index (χ1v) is 10.6. The van der Waals surface area contributed by atoms with Gasteiger partial charge in [-0.3, -0.25) is 19.8 Å². The largest absolute Gasteiger partial charge is 0.272 e. The van der Waals surface area contributed by atoms with E-state index in [0.29, 0.717) is 5.02 Å². The van der Waals surface area contributed by atoms with Crippen molar-refractivity contribution in [3.05, 3.63) is 106 Å². The monoisotopic (exact) mass is 428 g/mol. The quantitative estimate of drug-likeness (QED) is 0.630. The molecule has 0 radical (unpaired) electrons. The van der Waals surface area contributed by atoms with Crippen molar-refractivity contribution in [1.29, 1.82) is 0 Å². The number of carbonyl (C=O) groups is 3. The fourth-order valence-corrected chi connectivity index (χ4v) is 5.77. The fourth-order valence-electron chi connectivity index (χ4n) is 5.58. The minimum absolute atomic E-state index is 0.202. The summed E-state index contributed by atoms with van der Waals surface area (Å²) in [5.41, 5.74) is 7.20. The van der Waals surface area contributed by atoms with Crippen LogP contribution in [-0.4, -0.2) is 22.7 Å². The summed E-state index contributed by atoms with van der Waals surface area (Å²) in [5.74, 6) is -2.71. The lowest BCUT2D eigenvalue weighted by Crippen LogP contribution is -2.46. The van der Waals surface area contributed by atoms with E-state index in [0.717, 1.165) is 27.3 Å². The van der Waals surface area contributed by atoms with Crippen molar-refractivity contribution in [2.24, 2.45) is 11.8 Å². The van der Waals surface area contributed by atoms with Crippen LogP contribution in [0.1, 0.15) is 44.4 Å². The Balaban J connectivity index is 1.42. The van der Waals surface area contributed by atoms with Gasteiger partial charge < -0.3 is 0 Å². The third-order valence-corrected chi connectivity index (χ3v) is 6.98. The van der Waals surface area contributed by atoms with Gasteiger partial charge in [0.1, 0.15) is 0 Å². The smallest absolute Gasteiger partial charge is 0.270 e. The highest BCUT2D eigenvalue weighted by molar-refractivity contribution is 6.31. The van der Waals surface area contributed by atoms with E-state index in [1.165, 1.54) is 6.07 Å². The van der Waals surface area contributed by atoms with Crippen LogP contribution >= 0.6 is 11.6 Å². The molecule has 152 valence electrons. The van der Waals surface area contributed by atoms with Crippen molar-refractivity contribution in [1.82, 2.24) is 10.4 Å². The maximum atomic E-state index is 13.5. The molecule has 3 amide bonds. The summed E-state index contributed by atoms with van der Waals surface area (Å²) in [6, 6.07) is 22.5. The summed E-state index contributed by atoms with van der Waals surface area (Å²) < 4.78 is 0. The van der Waals surface area contributed by atoms with Gasteiger partial charge in [-0.05, 0) is 40.5 Å². The number of hydrogen-bond donors (Lipinski definition) is 1. The fraction of sp³-hybridized carbons (Fsp3) is 0.160. The summed E-state index contributed by atoms with van der Waals surface area (Å²) in [6.07, 6.45) is 0. The van der Waals surface area contributed by atoms with Gasteiger partial charge in [0.2, 0.25) is 0 Å². The van der Waals surface area contributed by atoms with Crippen LogP contribution in [0.5, 0.6) is 0 Å². The Bertz CT molecular complexity index is 1170. The lowest BCUT2D eigenvalue weighted by atomic mass is 9.55. The molecule has 0 spiro atoms. The molecule has 2 atom stereocenters. The van der Waals surface area contributed by atoms with Gasteiger partial charge in [0.15, 0.2) is 0 Å². The molecule has 1 heterocycles. The van der Waals surface area contributed by atoms with Crippen molar-refractivity contribution in [2.75, 3.05) is 0 Å². The normalized spacial score (nSPS) is 25.1. The molecule has 0 aromatic heterocycles. The van der Waals surface area contributed by atoms with Crippen molar-refractivity contribution < 1.29 is 14.4 Å². The second kappa shape index (κ2) is 6.53. The van der Waals surface area contributed by atoms with Crippen molar-refractivity contribution in [2.45, 2.75) is 11.8 Å². The van der Waals surface area contributed by atoms with Gasteiger partial charge in [0.05, 0.1) is 11.8 Å². The number of imide groups is 1. The standard InChI is InChI=1S/C25H17ClN2O3/c26-14-7-5-6-13(12-14)23(29)27-28-24(30)21-19-15-8-1-2-9-16(15)20(22(21)25(28)31)18-11-4-3-10-17(18)19/h1-12,19-22H,(H,27,29)/t19?,20?,21-,22+. The molecule has 1 saturated heterocycles. The lowest BCUT2D eigenvalue weighted by molar-refractivity contribution is -0.142. The summed E-state index contributed by atoms with van der Waals surface area (Å²) in [5, 5.41) is 1.33. The molecule has 4 aliphatic rings. The van der Waals surface area contributed by atoms with Crippen molar-refractivity contribution in [3.63, 3.8) is 0 Å². The Kier molecular flexibility index (Phi) is 3.86. The molecule has 7 rings (SSSR count). The predicted octanol–water partition coefficient (Wildman–Crippen LogP) is 3.88.